The predicted octanol–water partition coefficient (Wildman–Crippen LogP) is 3.72. The second-order valence-electron chi connectivity index (χ2n) is 3.80. The molecular formula is C11H14BrNS. The Morgan fingerprint density at radius 3 is 2.71 bits per heavy atom. The third kappa shape index (κ3) is 2.53. The van der Waals surface area contributed by atoms with E-state index in [1.54, 1.807) is 0 Å². The maximum absolute atomic E-state index is 5.82. The molecule has 1 atom stereocenters. The molecule has 14 heavy (non-hydrogen) atoms. The van der Waals surface area contributed by atoms with Gasteiger partial charge in [-0.3, -0.25) is 0 Å². The van der Waals surface area contributed by atoms with Crippen molar-refractivity contribution in [2.24, 2.45) is 5.73 Å². The normalized spacial score (nSPS) is 18.2. The highest BCUT2D eigenvalue weighted by Crippen LogP contribution is 2.42. The van der Waals surface area contributed by atoms with Crippen molar-refractivity contribution in [2.45, 2.75) is 36.0 Å². The first kappa shape index (κ1) is 10.5. The first-order valence-corrected chi connectivity index (χ1v) is 6.56. The highest BCUT2D eigenvalue weighted by atomic mass is 79.9. The van der Waals surface area contributed by atoms with Gasteiger partial charge in [-0.1, -0.05) is 6.07 Å². The van der Waals surface area contributed by atoms with Gasteiger partial charge in [0.05, 0.1) is 0 Å². The molecule has 0 radical (unpaired) electrons. The average Bonchev–Trinajstić information content (AvgIpc) is 2.92. The second-order valence-corrected chi connectivity index (χ2v) is 5.99. The summed E-state index contributed by atoms with van der Waals surface area (Å²) in [5.74, 6) is 0. The van der Waals surface area contributed by atoms with Crippen LogP contribution in [0.2, 0.25) is 0 Å². The number of nitrogens with two attached hydrogens (primary N) is 1. The molecule has 2 N–H and O–H groups in total. The van der Waals surface area contributed by atoms with Crippen LogP contribution in [0.25, 0.3) is 0 Å². The van der Waals surface area contributed by atoms with Crippen molar-refractivity contribution in [1.29, 1.82) is 0 Å². The number of thioether (sulfide) groups is 1. The van der Waals surface area contributed by atoms with Crippen LogP contribution in [0.4, 0.5) is 0 Å². The molecular weight excluding hydrogens is 258 g/mol. The monoisotopic (exact) mass is 271 g/mol. The van der Waals surface area contributed by atoms with E-state index < -0.39 is 0 Å². The molecule has 0 bridgehead atoms. The number of benzene rings is 1. The molecule has 0 saturated heterocycles. The molecule has 0 aliphatic heterocycles. The first-order chi connectivity index (χ1) is 6.66. The summed E-state index contributed by atoms with van der Waals surface area (Å²) in [5.41, 5.74) is 7.01. The van der Waals surface area contributed by atoms with E-state index in [-0.39, 0.29) is 6.04 Å². The van der Waals surface area contributed by atoms with E-state index in [4.69, 9.17) is 5.73 Å². The van der Waals surface area contributed by atoms with Crippen molar-refractivity contribution in [3.63, 3.8) is 0 Å². The van der Waals surface area contributed by atoms with Crippen LogP contribution in [0.3, 0.4) is 0 Å². The van der Waals surface area contributed by atoms with E-state index in [0.717, 1.165) is 5.25 Å². The maximum Gasteiger partial charge on any atom is 0.0314 e. The van der Waals surface area contributed by atoms with Gasteiger partial charge in [-0.15, -0.1) is 11.8 Å². The third-order valence-electron chi connectivity index (χ3n) is 2.30. The van der Waals surface area contributed by atoms with Gasteiger partial charge in [0.15, 0.2) is 0 Å². The summed E-state index contributed by atoms with van der Waals surface area (Å²) in [6.07, 6.45) is 2.73. The summed E-state index contributed by atoms with van der Waals surface area (Å²) < 4.78 is 1.18. The third-order valence-corrected chi connectivity index (χ3v) is 4.63. The van der Waals surface area contributed by atoms with Gasteiger partial charge in [0.2, 0.25) is 0 Å². The van der Waals surface area contributed by atoms with Crippen LogP contribution in [0.15, 0.2) is 27.6 Å². The Labute approximate surface area is 97.6 Å². The average molecular weight is 272 g/mol. The number of hydrogen-bond donors (Lipinski definition) is 1. The minimum Gasteiger partial charge on any atom is -0.324 e. The van der Waals surface area contributed by atoms with E-state index in [0.29, 0.717) is 0 Å². The van der Waals surface area contributed by atoms with E-state index in [9.17, 15) is 0 Å². The molecule has 1 fully saturated rings. The Morgan fingerprint density at radius 2 is 2.21 bits per heavy atom. The Balaban J connectivity index is 2.17. The number of halogens is 1. The Kier molecular flexibility index (Phi) is 3.20. The van der Waals surface area contributed by atoms with Crippen molar-refractivity contribution in [3.8, 4) is 0 Å². The molecule has 1 aromatic rings. The van der Waals surface area contributed by atoms with Gasteiger partial charge < -0.3 is 5.73 Å². The Morgan fingerprint density at radius 1 is 1.50 bits per heavy atom. The van der Waals surface area contributed by atoms with Crippen molar-refractivity contribution < 1.29 is 0 Å². The molecule has 0 amide bonds. The lowest BCUT2D eigenvalue weighted by Gasteiger charge is -2.09. The molecule has 2 rings (SSSR count). The molecule has 0 spiro atoms. The lowest BCUT2D eigenvalue weighted by atomic mass is 10.1. The van der Waals surface area contributed by atoms with Gasteiger partial charge in [-0.05, 0) is 53.4 Å². The Hall–Kier alpha value is 0.01000. The standard InChI is InChI=1S/C11H14BrNS/c1-7(13)8-2-5-11(10(12)6-8)14-9-3-4-9/h2,5-7,9H,3-4,13H2,1H3. The van der Waals surface area contributed by atoms with Crippen LogP contribution in [-0.2, 0) is 0 Å². The summed E-state index contributed by atoms with van der Waals surface area (Å²) in [5, 5.41) is 0.854. The van der Waals surface area contributed by atoms with E-state index in [1.165, 1.54) is 27.8 Å². The van der Waals surface area contributed by atoms with E-state index >= 15 is 0 Å². The lowest BCUT2D eigenvalue weighted by Crippen LogP contribution is -2.04. The van der Waals surface area contributed by atoms with Gasteiger partial charge in [-0.2, -0.15) is 0 Å². The summed E-state index contributed by atoms with van der Waals surface area (Å²) in [4.78, 5) is 1.34. The zero-order chi connectivity index (χ0) is 10.1. The van der Waals surface area contributed by atoms with Gasteiger partial charge in [0.1, 0.15) is 0 Å². The maximum atomic E-state index is 5.82. The van der Waals surface area contributed by atoms with Gasteiger partial charge in [0.25, 0.3) is 0 Å². The van der Waals surface area contributed by atoms with Crippen LogP contribution in [0.1, 0.15) is 31.4 Å². The molecule has 0 heterocycles. The summed E-state index contributed by atoms with van der Waals surface area (Å²) in [6, 6.07) is 6.55. The SMILES string of the molecule is CC(N)c1ccc(SC2CC2)c(Br)c1. The highest BCUT2D eigenvalue weighted by molar-refractivity contribution is 9.10. The number of rotatable bonds is 3. The molecule has 1 nitrogen and oxygen atoms in total. The quantitative estimate of drug-likeness (QED) is 0.907. The van der Waals surface area contributed by atoms with Crippen molar-refractivity contribution in [1.82, 2.24) is 0 Å². The summed E-state index contributed by atoms with van der Waals surface area (Å²) in [7, 11) is 0. The fourth-order valence-corrected chi connectivity index (χ4v) is 2.99. The fraction of sp³-hybridized carbons (Fsp3) is 0.455. The zero-order valence-electron chi connectivity index (χ0n) is 8.16. The summed E-state index contributed by atoms with van der Waals surface area (Å²) >= 11 is 5.56. The van der Waals surface area contributed by atoms with Crippen LogP contribution in [0.5, 0.6) is 0 Å². The van der Waals surface area contributed by atoms with Crippen molar-refractivity contribution >= 4 is 27.7 Å². The van der Waals surface area contributed by atoms with Crippen LogP contribution in [0, 0.1) is 0 Å². The Bertz CT molecular complexity index is 334. The fourth-order valence-electron chi connectivity index (χ4n) is 1.26. The second kappa shape index (κ2) is 4.25. The number of hydrogen-bond acceptors (Lipinski definition) is 2. The molecule has 1 aliphatic rings. The molecule has 76 valence electrons. The summed E-state index contributed by atoms with van der Waals surface area (Å²) in [6.45, 7) is 2.01. The van der Waals surface area contributed by atoms with Crippen LogP contribution >= 0.6 is 27.7 Å². The van der Waals surface area contributed by atoms with Crippen molar-refractivity contribution in [3.05, 3.63) is 28.2 Å². The molecule has 3 heteroatoms. The zero-order valence-corrected chi connectivity index (χ0v) is 10.6. The smallest absolute Gasteiger partial charge is 0.0314 e. The molecule has 1 unspecified atom stereocenters. The van der Waals surface area contributed by atoms with Crippen LogP contribution < -0.4 is 5.73 Å². The predicted molar refractivity (Wildman–Crippen MR) is 65.6 cm³/mol. The van der Waals surface area contributed by atoms with E-state index in [2.05, 4.69) is 34.1 Å². The molecule has 1 saturated carbocycles. The molecule has 1 aromatic carbocycles. The molecule has 0 aromatic heterocycles. The van der Waals surface area contributed by atoms with E-state index in [1.807, 2.05) is 18.7 Å². The van der Waals surface area contributed by atoms with Crippen molar-refractivity contribution in [2.75, 3.05) is 0 Å². The minimum absolute atomic E-state index is 0.117. The largest absolute Gasteiger partial charge is 0.324 e. The lowest BCUT2D eigenvalue weighted by molar-refractivity contribution is 0.815. The first-order valence-electron chi connectivity index (χ1n) is 4.88. The van der Waals surface area contributed by atoms with Gasteiger partial charge in [-0.25, -0.2) is 0 Å². The van der Waals surface area contributed by atoms with Gasteiger partial charge in [0, 0.05) is 20.7 Å². The minimum atomic E-state index is 0.117. The van der Waals surface area contributed by atoms with Gasteiger partial charge >= 0.3 is 0 Å². The highest BCUT2D eigenvalue weighted by Gasteiger charge is 2.23. The topological polar surface area (TPSA) is 26.0 Å². The molecule has 1 aliphatic carbocycles. The van der Waals surface area contributed by atoms with Crippen LogP contribution in [-0.4, -0.2) is 5.25 Å².